The van der Waals surface area contributed by atoms with E-state index in [1.807, 2.05) is 49.3 Å². The number of anilines is 2. The van der Waals surface area contributed by atoms with Gasteiger partial charge in [-0.25, -0.2) is 9.97 Å². The van der Waals surface area contributed by atoms with Crippen molar-refractivity contribution in [2.45, 2.75) is 0 Å². The molecule has 1 amide bonds. The van der Waals surface area contributed by atoms with Gasteiger partial charge < -0.3 is 10.2 Å². The molecule has 1 N–H and O–H groups in total. The first-order valence-corrected chi connectivity index (χ1v) is 6.53. The molecule has 106 valence electrons. The summed E-state index contributed by atoms with van der Waals surface area (Å²) >= 11 is 0. The number of nitrogens with zero attached hydrogens (tertiary/aromatic N) is 4. The number of hydrogen-bond acceptors (Lipinski definition) is 4. The number of pyridine rings is 2. The van der Waals surface area contributed by atoms with E-state index in [9.17, 15) is 4.79 Å². The lowest BCUT2D eigenvalue weighted by molar-refractivity contribution is 0.102. The molecular formula is C15H15N5O. The van der Waals surface area contributed by atoms with Crippen molar-refractivity contribution in [1.82, 2.24) is 14.4 Å². The van der Waals surface area contributed by atoms with E-state index >= 15 is 0 Å². The van der Waals surface area contributed by atoms with E-state index in [2.05, 4.69) is 15.3 Å². The molecule has 3 rings (SSSR count). The van der Waals surface area contributed by atoms with Gasteiger partial charge in [-0.15, -0.1) is 0 Å². The highest BCUT2D eigenvalue weighted by Crippen LogP contribution is 2.13. The number of nitrogens with one attached hydrogen (secondary N) is 1. The molecule has 3 heterocycles. The molecule has 0 aromatic carbocycles. The average Bonchev–Trinajstić information content (AvgIpc) is 2.91. The van der Waals surface area contributed by atoms with Gasteiger partial charge in [0.1, 0.15) is 23.0 Å². The zero-order valence-corrected chi connectivity index (χ0v) is 11.8. The Morgan fingerprint density at radius 2 is 2.05 bits per heavy atom. The van der Waals surface area contributed by atoms with Gasteiger partial charge in [-0.05, 0) is 24.3 Å². The first-order chi connectivity index (χ1) is 10.1. The molecule has 0 aliphatic carbocycles. The zero-order valence-electron chi connectivity index (χ0n) is 11.8. The van der Waals surface area contributed by atoms with Crippen LogP contribution >= 0.6 is 0 Å². The highest BCUT2D eigenvalue weighted by molar-refractivity contribution is 6.03. The number of aromatic nitrogens is 3. The molecule has 6 heteroatoms. The number of amides is 1. The third-order valence-electron chi connectivity index (χ3n) is 3.08. The Labute approximate surface area is 122 Å². The molecular weight excluding hydrogens is 266 g/mol. The van der Waals surface area contributed by atoms with Gasteiger partial charge in [-0.3, -0.25) is 9.20 Å². The number of imidazole rings is 1. The number of rotatable bonds is 3. The van der Waals surface area contributed by atoms with E-state index in [-0.39, 0.29) is 5.91 Å². The number of carbonyl (C=O) groups excluding carboxylic acids is 1. The third kappa shape index (κ3) is 2.55. The van der Waals surface area contributed by atoms with Crippen LogP contribution in [0.2, 0.25) is 0 Å². The first kappa shape index (κ1) is 13.1. The molecule has 6 nitrogen and oxygen atoms in total. The standard InChI is InChI=1S/C15H15N5O/c1-19(2)14-8-5-6-12(17-14)18-15(21)11-10-16-13-7-3-4-9-20(11)13/h3-10H,1-2H3,(H,17,18,21). The number of carbonyl (C=O) groups is 1. The Morgan fingerprint density at radius 1 is 1.19 bits per heavy atom. The normalized spacial score (nSPS) is 10.6. The lowest BCUT2D eigenvalue weighted by atomic mass is 10.4. The molecule has 0 saturated heterocycles. The molecule has 0 fully saturated rings. The molecule has 0 unspecified atom stereocenters. The summed E-state index contributed by atoms with van der Waals surface area (Å²) in [4.78, 5) is 22.8. The lowest BCUT2D eigenvalue weighted by Crippen LogP contribution is -2.17. The van der Waals surface area contributed by atoms with Crippen molar-refractivity contribution in [2.75, 3.05) is 24.3 Å². The predicted molar refractivity (Wildman–Crippen MR) is 81.7 cm³/mol. The van der Waals surface area contributed by atoms with Crippen LogP contribution in [0.4, 0.5) is 11.6 Å². The van der Waals surface area contributed by atoms with Gasteiger partial charge in [-0.1, -0.05) is 12.1 Å². The van der Waals surface area contributed by atoms with Crippen molar-refractivity contribution < 1.29 is 4.79 Å². The summed E-state index contributed by atoms with van der Waals surface area (Å²) in [7, 11) is 3.80. The van der Waals surface area contributed by atoms with Crippen molar-refractivity contribution in [2.24, 2.45) is 0 Å². The van der Waals surface area contributed by atoms with Crippen LogP contribution in [-0.4, -0.2) is 34.4 Å². The summed E-state index contributed by atoms with van der Waals surface area (Å²) in [6.07, 6.45) is 3.36. The Kier molecular flexibility index (Phi) is 3.27. The Morgan fingerprint density at radius 3 is 2.86 bits per heavy atom. The van der Waals surface area contributed by atoms with Crippen molar-refractivity contribution >= 4 is 23.2 Å². The summed E-state index contributed by atoms with van der Waals surface area (Å²) in [5, 5.41) is 2.79. The van der Waals surface area contributed by atoms with E-state index in [0.717, 1.165) is 11.5 Å². The second kappa shape index (κ2) is 5.24. The quantitative estimate of drug-likeness (QED) is 0.798. The van der Waals surface area contributed by atoms with Crippen LogP contribution in [-0.2, 0) is 0 Å². The predicted octanol–water partition coefficient (Wildman–Crippen LogP) is 2.05. The molecule has 3 aromatic rings. The van der Waals surface area contributed by atoms with Crippen molar-refractivity contribution in [3.05, 3.63) is 54.5 Å². The van der Waals surface area contributed by atoms with Gasteiger partial charge in [0.05, 0.1) is 6.20 Å². The monoisotopic (exact) mass is 281 g/mol. The fraction of sp³-hybridized carbons (Fsp3) is 0.133. The van der Waals surface area contributed by atoms with Gasteiger partial charge >= 0.3 is 0 Å². The van der Waals surface area contributed by atoms with Gasteiger partial charge in [0, 0.05) is 20.3 Å². The fourth-order valence-corrected chi connectivity index (χ4v) is 2.02. The van der Waals surface area contributed by atoms with Gasteiger partial charge in [0.15, 0.2) is 0 Å². The first-order valence-electron chi connectivity index (χ1n) is 6.53. The van der Waals surface area contributed by atoms with E-state index in [0.29, 0.717) is 11.5 Å². The fourth-order valence-electron chi connectivity index (χ4n) is 2.02. The summed E-state index contributed by atoms with van der Waals surface area (Å²) in [6.45, 7) is 0. The van der Waals surface area contributed by atoms with Crippen LogP contribution in [0, 0.1) is 0 Å². The molecule has 0 bridgehead atoms. The van der Waals surface area contributed by atoms with Crippen LogP contribution < -0.4 is 10.2 Å². The van der Waals surface area contributed by atoms with Gasteiger partial charge in [0.25, 0.3) is 5.91 Å². The Bertz CT molecular complexity index is 793. The lowest BCUT2D eigenvalue weighted by Gasteiger charge is -2.12. The van der Waals surface area contributed by atoms with Gasteiger partial charge in [0.2, 0.25) is 0 Å². The highest BCUT2D eigenvalue weighted by Gasteiger charge is 2.12. The molecule has 0 aliphatic rings. The van der Waals surface area contributed by atoms with Crippen molar-refractivity contribution in [1.29, 1.82) is 0 Å². The highest BCUT2D eigenvalue weighted by atomic mass is 16.2. The second-order valence-corrected chi connectivity index (χ2v) is 4.80. The maximum atomic E-state index is 12.3. The van der Waals surface area contributed by atoms with Crippen LogP contribution in [0.15, 0.2) is 48.8 Å². The number of fused-ring (bicyclic) bond motifs is 1. The van der Waals surface area contributed by atoms with Crippen LogP contribution in [0.1, 0.15) is 10.5 Å². The molecule has 0 aliphatic heterocycles. The van der Waals surface area contributed by atoms with E-state index in [1.165, 1.54) is 0 Å². The van der Waals surface area contributed by atoms with E-state index < -0.39 is 0 Å². The Balaban J connectivity index is 1.88. The minimum Gasteiger partial charge on any atom is -0.363 e. The molecule has 0 saturated carbocycles. The third-order valence-corrected chi connectivity index (χ3v) is 3.08. The average molecular weight is 281 g/mol. The van der Waals surface area contributed by atoms with E-state index in [1.54, 1.807) is 22.9 Å². The SMILES string of the molecule is CN(C)c1cccc(NC(=O)c2cnc3ccccn23)n1. The largest absolute Gasteiger partial charge is 0.363 e. The molecule has 3 aromatic heterocycles. The molecule has 0 spiro atoms. The van der Waals surface area contributed by atoms with Crippen molar-refractivity contribution in [3.63, 3.8) is 0 Å². The smallest absolute Gasteiger partial charge is 0.275 e. The minimum atomic E-state index is -0.239. The van der Waals surface area contributed by atoms with Gasteiger partial charge in [-0.2, -0.15) is 0 Å². The maximum Gasteiger partial charge on any atom is 0.275 e. The summed E-state index contributed by atoms with van der Waals surface area (Å²) in [5.41, 5.74) is 1.21. The summed E-state index contributed by atoms with van der Waals surface area (Å²) in [6, 6.07) is 11.1. The van der Waals surface area contributed by atoms with E-state index in [4.69, 9.17) is 0 Å². The van der Waals surface area contributed by atoms with Crippen LogP contribution in [0.25, 0.3) is 5.65 Å². The molecule has 21 heavy (non-hydrogen) atoms. The Hall–Kier alpha value is -2.89. The minimum absolute atomic E-state index is 0.239. The molecule has 0 atom stereocenters. The second-order valence-electron chi connectivity index (χ2n) is 4.80. The van der Waals surface area contributed by atoms with Crippen LogP contribution in [0.5, 0.6) is 0 Å². The number of hydrogen-bond donors (Lipinski definition) is 1. The van der Waals surface area contributed by atoms with Crippen LogP contribution in [0.3, 0.4) is 0 Å². The maximum absolute atomic E-state index is 12.3. The summed E-state index contributed by atoms with van der Waals surface area (Å²) in [5.74, 6) is 1.06. The zero-order chi connectivity index (χ0) is 14.8. The molecule has 0 radical (unpaired) electrons. The topological polar surface area (TPSA) is 62.5 Å². The summed E-state index contributed by atoms with van der Waals surface area (Å²) < 4.78 is 1.74. The van der Waals surface area contributed by atoms with Crippen molar-refractivity contribution in [3.8, 4) is 0 Å².